The third-order valence-electron chi connectivity index (χ3n) is 4.41. The van der Waals surface area contributed by atoms with E-state index in [0.29, 0.717) is 28.9 Å². The van der Waals surface area contributed by atoms with Crippen LogP contribution in [0.25, 0.3) is 22.0 Å². The van der Waals surface area contributed by atoms with Gasteiger partial charge in [0.25, 0.3) is 5.91 Å². The highest BCUT2D eigenvalue weighted by Crippen LogP contribution is 2.29. The van der Waals surface area contributed by atoms with Gasteiger partial charge in [-0.25, -0.2) is 8.78 Å². The molecular formula is C22H17F2N3O2. The second kappa shape index (κ2) is 8.20. The molecular weight excluding hydrogens is 376 g/mol. The SMILES string of the molecule is O=C(COCc1ccccc1)Nc1n[nH]c2cc(-c3ccc(F)cc3F)ccc12. The second-order valence-electron chi connectivity index (χ2n) is 6.48. The van der Waals surface area contributed by atoms with Crippen LogP contribution in [0.2, 0.25) is 0 Å². The maximum absolute atomic E-state index is 14.0. The number of amides is 1. The Hall–Kier alpha value is -3.58. The van der Waals surface area contributed by atoms with Gasteiger partial charge in [-0.05, 0) is 35.4 Å². The molecule has 0 aliphatic rings. The first-order valence-corrected chi connectivity index (χ1v) is 8.95. The van der Waals surface area contributed by atoms with Crippen LogP contribution in [0.1, 0.15) is 5.56 Å². The molecule has 0 spiro atoms. The van der Waals surface area contributed by atoms with Crippen LogP contribution >= 0.6 is 0 Å². The Bertz CT molecular complexity index is 1160. The first-order chi connectivity index (χ1) is 14.1. The van der Waals surface area contributed by atoms with Crippen molar-refractivity contribution in [2.75, 3.05) is 11.9 Å². The monoisotopic (exact) mass is 393 g/mol. The molecule has 0 saturated heterocycles. The molecule has 0 unspecified atom stereocenters. The van der Waals surface area contributed by atoms with Crippen LogP contribution in [0, 0.1) is 11.6 Å². The number of ether oxygens (including phenoxy) is 1. The van der Waals surface area contributed by atoms with Crippen molar-refractivity contribution in [1.82, 2.24) is 10.2 Å². The number of fused-ring (bicyclic) bond motifs is 1. The Morgan fingerprint density at radius 1 is 1.03 bits per heavy atom. The number of benzene rings is 3. The highest BCUT2D eigenvalue weighted by molar-refractivity contribution is 6.01. The number of aromatic amines is 1. The average molecular weight is 393 g/mol. The third-order valence-corrected chi connectivity index (χ3v) is 4.41. The first kappa shape index (κ1) is 18.8. The lowest BCUT2D eigenvalue weighted by atomic mass is 10.0. The van der Waals surface area contributed by atoms with Gasteiger partial charge in [0.1, 0.15) is 18.2 Å². The van der Waals surface area contributed by atoms with E-state index in [4.69, 9.17) is 4.74 Å². The van der Waals surface area contributed by atoms with Crippen molar-refractivity contribution in [3.8, 4) is 11.1 Å². The van der Waals surface area contributed by atoms with Crippen molar-refractivity contribution in [2.45, 2.75) is 6.61 Å². The number of anilines is 1. The predicted octanol–water partition coefficient (Wildman–Crippen LogP) is 4.66. The maximum atomic E-state index is 14.0. The Kier molecular flexibility index (Phi) is 5.31. The van der Waals surface area contributed by atoms with Gasteiger partial charge in [0.2, 0.25) is 0 Å². The quantitative estimate of drug-likeness (QED) is 0.501. The van der Waals surface area contributed by atoms with Gasteiger partial charge in [-0.3, -0.25) is 9.89 Å². The summed E-state index contributed by atoms with van der Waals surface area (Å²) in [4.78, 5) is 12.1. The zero-order chi connectivity index (χ0) is 20.2. The summed E-state index contributed by atoms with van der Waals surface area (Å²) in [6, 6.07) is 18.1. The zero-order valence-corrected chi connectivity index (χ0v) is 15.3. The molecule has 0 radical (unpaired) electrons. The number of halogens is 2. The highest BCUT2D eigenvalue weighted by atomic mass is 19.1. The molecule has 5 nitrogen and oxygen atoms in total. The van der Waals surface area contributed by atoms with Gasteiger partial charge in [-0.1, -0.05) is 36.4 Å². The van der Waals surface area contributed by atoms with E-state index in [9.17, 15) is 13.6 Å². The van der Waals surface area contributed by atoms with Crippen molar-refractivity contribution in [3.63, 3.8) is 0 Å². The first-order valence-electron chi connectivity index (χ1n) is 8.95. The van der Waals surface area contributed by atoms with Crippen molar-refractivity contribution in [2.24, 2.45) is 0 Å². The number of carbonyl (C=O) groups is 1. The molecule has 0 saturated carbocycles. The van der Waals surface area contributed by atoms with E-state index >= 15 is 0 Å². The fourth-order valence-corrected chi connectivity index (χ4v) is 3.01. The fourth-order valence-electron chi connectivity index (χ4n) is 3.01. The molecule has 3 aromatic carbocycles. The van der Waals surface area contributed by atoms with Crippen molar-refractivity contribution >= 4 is 22.6 Å². The van der Waals surface area contributed by atoms with Crippen LogP contribution in [0.3, 0.4) is 0 Å². The van der Waals surface area contributed by atoms with Gasteiger partial charge in [-0.15, -0.1) is 0 Å². The summed E-state index contributed by atoms with van der Waals surface area (Å²) in [5, 5.41) is 10.3. The summed E-state index contributed by atoms with van der Waals surface area (Å²) in [5.41, 5.74) is 2.45. The standard InChI is InChI=1S/C22H17F2N3O2/c23-16-7-9-17(19(24)11-16)15-6-8-18-20(10-15)26-27-22(18)25-21(28)13-29-12-14-4-2-1-3-5-14/h1-11H,12-13H2,(H2,25,26,27,28). The van der Waals surface area contributed by atoms with E-state index in [2.05, 4.69) is 15.5 Å². The van der Waals surface area contributed by atoms with Gasteiger partial charge < -0.3 is 10.1 Å². The summed E-state index contributed by atoms with van der Waals surface area (Å²) >= 11 is 0. The summed E-state index contributed by atoms with van der Waals surface area (Å²) in [7, 11) is 0. The number of nitrogens with one attached hydrogen (secondary N) is 2. The molecule has 1 aromatic heterocycles. The summed E-state index contributed by atoms with van der Waals surface area (Å²) < 4.78 is 32.6. The van der Waals surface area contributed by atoms with E-state index in [1.165, 1.54) is 12.1 Å². The molecule has 7 heteroatoms. The Balaban J connectivity index is 1.44. The van der Waals surface area contributed by atoms with Crippen LogP contribution in [0.5, 0.6) is 0 Å². The molecule has 0 aliphatic carbocycles. The molecule has 1 amide bonds. The van der Waals surface area contributed by atoms with Crippen LogP contribution in [0.4, 0.5) is 14.6 Å². The Morgan fingerprint density at radius 3 is 2.66 bits per heavy atom. The fraction of sp³-hybridized carbons (Fsp3) is 0.0909. The van der Waals surface area contributed by atoms with Gasteiger partial charge in [0, 0.05) is 17.0 Å². The number of nitrogens with zero attached hydrogens (tertiary/aromatic N) is 1. The number of H-pyrrole nitrogens is 1. The van der Waals surface area contributed by atoms with E-state index in [1.54, 1.807) is 18.2 Å². The van der Waals surface area contributed by atoms with E-state index in [-0.39, 0.29) is 18.1 Å². The molecule has 1 heterocycles. The molecule has 0 bridgehead atoms. The molecule has 146 valence electrons. The number of carbonyl (C=O) groups excluding carboxylic acids is 1. The lowest BCUT2D eigenvalue weighted by molar-refractivity contribution is -0.121. The smallest absolute Gasteiger partial charge is 0.251 e. The summed E-state index contributed by atoms with van der Waals surface area (Å²) in [5.74, 6) is -1.25. The predicted molar refractivity (Wildman–Crippen MR) is 106 cm³/mol. The van der Waals surface area contributed by atoms with Crippen LogP contribution < -0.4 is 5.32 Å². The molecule has 29 heavy (non-hydrogen) atoms. The Morgan fingerprint density at radius 2 is 1.86 bits per heavy atom. The van der Waals surface area contributed by atoms with E-state index in [1.807, 2.05) is 30.3 Å². The minimum atomic E-state index is -0.645. The Labute approximate surface area is 165 Å². The molecule has 0 atom stereocenters. The van der Waals surface area contributed by atoms with Gasteiger partial charge in [-0.2, -0.15) is 5.10 Å². The lowest BCUT2D eigenvalue weighted by Gasteiger charge is -2.06. The average Bonchev–Trinajstić information content (AvgIpc) is 3.11. The number of hydrogen-bond acceptors (Lipinski definition) is 3. The topological polar surface area (TPSA) is 67.0 Å². The summed E-state index contributed by atoms with van der Waals surface area (Å²) in [6.45, 7) is 0.226. The van der Waals surface area contributed by atoms with E-state index in [0.717, 1.165) is 11.6 Å². The number of hydrogen-bond donors (Lipinski definition) is 2. The van der Waals surface area contributed by atoms with Crippen LogP contribution in [-0.4, -0.2) is 22.7 Å². The second-order valence-corrected chi connectivity index (χ2v) is 6.48. The number of rotatable bonds is 6. The molecule has 4 rings (SSSR count). The minimum Gasteiger partial charge on any atom is -0.367 e. The van der Waals surface area contributed by atoms with E-state index < -0.39 is 11.6 Å². The van der Waals surface area contributed by atoms with Crippen LogP contribution in [0.15, 0.2) is 66.7 Å². The van der Waals surface area contributed by atoms with Gasteiger partial charge in [0.05, 0.1) is 12.1 Å². The summed E-state index contributed by atoms with van der Waals surface area (Å²) in [6.07, 6.45) is 0. The molecule has 0 aliphatic heterocycles. The highest BCUT2D eigenvalue weighted by Gasteiger charge is 2.12. The van der Waals surface area contributed by atoms with Crippen molar-refractivity contribution < 1.29 is 18.3 Å². The van der Waals surface area contributed by atoms with Crippen molar-refractivity contribution in [3.05, 3.63) is 83.9 Å². The lowest BCUT2D eigenvalue weighted by Crippen LogP contribution is -2.18. The van der Waals surface area contributed by atoms with Crippen molar-refractivity contribution in [1.29, 1.82) is 0 Å². The molecule has 4 aromatic rings. The number of aromatic nitrogens is 2. The largest absolute Gasteiger partial charge is 0.367 e. The zero-order valence-electron chi connectivity index (χ0n) is 15.3. The molecule has 2 N–H and O–H groups in total. The van der Waals surface area contributed by atoms with Crippen LogP contribution in [-0.2, 0) is 16.1 Å². The normalized spacial score (nSPS) is 11.0. The minimum absolute atomic E-state index is 0.109. The third kappa shape index (κ3) is 4.30. The van der Waals surface area contributed by atoms with Gasteiger partial charge >= 0.3 is 0 Å². The molecule has 0 fully saturated rings. The van der Waals surface area contributed by atoms with Gasteiger partial charge in [0.15, 0.2) is 5.82 Å². The maximum Gasteiger partial charge on any atom is 0.251 e.